The molecule has 0 saturated carbocycles. The highest BCUT2D eigenvalue weighted by Gasteiger charge is 2.18. The van der Waals surface area contributed by atoms with Crippen LogP contribution in [0, 0.1) is 0 Å². The molecule has 23 heavy (non-hydrogen) atoms. The second kappa shape index (κ2) is 9.90. The molecule has 0 bridgehead atoms. The molecule has 1 aliphatic heterocycles. The largest absolute Gasteiger partial charge is 0.493 e. The van der Waals surface area contributed by atoms with E-state index in [9.17, 15) is 4.79 Å². The fourth-order valence-corrected chi connectivity index (χ4v) is 3.43. The van der Waals surface area contributed by atoms with Crippen LogP contribution >= 0.6 is 24.2 Å². The van der Waals surface area contributed by atoms with E-state index in [1.807, 2.05) is 36.9 Å². The van der Waals surface area contributed by atoms with Gasteiger partial charge in [0.1, 0.15) is 0 Å². The van der Waals surface area contributed by atoms with Gasteiger partial charge >= 0.3 is 0 Å². The first-order valence-corrected chi connectivity index (χ1v) is 8.62. The zero-order valence-corrected chi connectivity index (χ0v) is 15.4. The SMILES string of the molecule is COc1ccc(C(C)NC(=O)CC2CSCCN2)cc1OC.Cl. The molecule has 1 fully saturated rings. The molecule has 0 aliphatic carbocycles. The van der Waals surface area contributed by atoms with Crippen LogP contribution < -0.4 is 20.1 Å². The zero-order valence-electron chi connectivity index (χ0n) is 13.8. The third-order valence-electron chi connectivity index (χ3n) is 3.72. The highest BCUT2D eigenvalue weighted by molar-refractivity contribution is 7.99. The molecule has 1 aromatic rings. The predicted octanol–water partition coefficient (Wildman–Crippen LogP) is 2.40. The molecule has 1 saturated heterocycles. The van der Waals surface area contributed by atoms with Gasteiger partial charge in [-0.05, 0) is 24.6 Å². The zero-order chi connectivity index (χ0) is 15.9. The van der Waals surface area contributed by atoms with Gasteiger partial charge in [-0.2, -0.15) is 11.8 Å². The topological polar surface area (TPSA) is 59.6 Å². The monoisotopic (exact) mass is 360 g/mol. The number of nitrogens with one attached hydrogen (secondary N) is 2. The van der Waals surface area contributed by atoms with Crippen LogP contribution in [0.2, 0.25) is 0 Å². The number of benzene rings is 1. The summed E-state index contributed by atoms with van der Waals surface area (Å²) in [5.41, 5.74) is 0.997. The number of rotatable bonds is 6. The molecule has 1 heterocycles. The third-order valence-corrected chi connectivity index (χ3v) is 4.85. The van der Waals surface area contributed by atoms with Crippen LogP contribution in [0.15, 0.2) is 18.2 Å². The number of carbonyl (C=O) groups excluding carboxylic acids is 1. The first-order valence-electron chi connectivity index (χ1n) is 7.46. The number of hydrogen-bond acceptors (Lipinski definition) is 5. The Balaban J connectivity index is 0.00000264. The molecule has 0 spiro atoms. The van der Waals surface area contributed by atoms with E-state index in [1.165, 1.54) is 0 Å². The predicted molar refractivity (Wildman–Crippen MR) is 97.1 cm³/mol. The Hall–Kier alpha value is -1.11. The van der Waals surface area contributed by atoms with Crippen LogP contribution in [-0.2, 0) is 4.79 Å². The number of hydrogen-bond donors (Lipinski definition) is 2. The molecule has 1 aromatic carbocycles. The Bertz CT molecular complexity index is 510. The molecular weight excluding hydrogens is 336 g/mol. The summed E-state index contributed by atoms with van der Waals surface area (Å²) in [6.45, 7) is 2.95. The molecule has 1 amide bonds. The van der Waals surface area contributed by atoms with Gasteiger partial charge in [-0.15, -0.1) is 12.4 Å². The van der Waals surface area contributed by atoms with Crippen LogP contribution in [0.3, 0.4) is 0 Å². The summed E-state index contributed by atoms with van der Waals surface area (Å²) >= 11 is 1.90. The molecule has 0 radical (unpaired) electrons. The number of halogens is 1. The second-order valence-corrected chi connectivity index (χ2v) is 6.48. The van der Waals surface area contributed by atoms with Crippen molar-refractivity contribution < 1.29 is 14.3 Å². The molecule has 2 unspecified atom stereocenters. The molecule has 1 aliphatic rings. The maximum absolute atomic E-state index is 12.2. The van der Waals surface area contributed by atoms with Crippen molar-refractivity contribution in [2.24, 2.45) is 0 Å². The minimum absolute atomic E-state index is 0. The fraction of sp³-hybridized carbons (Fsp3) is 0.562. The Labute approximate surface area is 148 Å². The number of thioether (sulfide) groups is 1. The van der Waals surface area contributed by atoms with Crippen LogP contribution in [0.5, 0.6) is 11.5 Å². The summed E-state index contributed by atoms with van der Waals surface area (Å²) in [7, 11) is 3.22. The lowest BCUT2D eigenvalue weighted by Crippen LogP contribution is -2.41. The van der Waals surface area contributed by atoms with E-state index in [0.717, 1.165) is 23.6 Å². The average Bonchev–Trinajstić information content (AvgIpc) is 2.54. The van der Waals surface area contributed by atoms with Gasteiger partial charge < -0.3 is 20.1 Å². The van der Waals surface area contributed by atoms with Crippen molar-refractivity contribution >= 4 is 30.1 Å². The first-order chi connectivity index (χ1) is 10.6. The van der Waals surface area contributed by atoms with E-state index in [0.29, 0.717) is 17.9 Å². The smallest absolute Gasteiger partial charge is 0.222 e. The molecule has 2 atom stereocenters. The number of amides is 1. The molecule has 130 valence electrons. The second-order valence-electron chi connectivity index (χ2n) is 5.33. The molecule has 5 nitrogen and oxygen atoms in total. The van der Waals surface area contributed by atoms with Crippen molar-refractivity contribution in [2.45, 2.75) is 25.4 Å². The lowest BCUT2D eigenvalue weighted by Gasteiger charge is -2.23. The highest BCUT2D eigenvalue weighted by atomic mass is 35.5. The normalized spacial score (nSPS) is 18.5. The molecule has 2 rings (SSSR count). The van der Waals surface area contributed by atoms with E-state index in [4.69, 9.17) is 9.47 Å². The minimum atomic E-state index is -0.0662. The van der Waals surface area contributed by atoms with Gasteiger partial charge in [-0.3, -0.25) is 4.79 Å². The van der Waals surface area contributed by atoms with Gasteiger partial charge in [-0.1, -0.05) is 6.07 Å². The van der Waals surface area contributed by atoms with Crippen molar-refractivity contribution in [3.05, 3.63) is 23.8 Å². The molecule has 2 N–H and O–H groups in total. The van der Waals surface area contributed by atoms with Gasteiger partial charge in [0.05, 0.1) is 20.3 Å². The average molecular weight is 361 g/mol. The van der Waals surface area contributed by atoms with Gasteiger partial charge in [0, 0.05) is 30.5 Å². The molecule has 7 heteroatoms. The quantitative estimate of drug-likeness (QED) is 0.815. The van der Waals surface area contributed by atoms with Crippen molar-refractivity contribution in [2.75, 3.05) is 32.3 Å². The Morgan fingerprint density at radius 1 is 1.39 bits per heavy atom. The van der Waals surface area contributed by atoms with E-state index in [2.05, 4.69) is 10.6 Å². The van der Waals surface area contributed by atoms with Crippen LogP contribution in [0.1, 0.15) is 24.9 Å². The van der Waals surface area contributed by atoms with Crippen molar-refractivity contribution in [1.82, 2.24) is 10.6 Å². The number of carbonyl (C=O) groups is 1. The maximum atomic E-state index is 12.2. The van der Waals surface area contributed by atoms with E-state index < -0.39 is 0 Å². The maximum Gasteiger partial charge on any atom is 0.222 e. The summed E-state index contributed by atoms with van der Waals surface area (Å²) in [5.74, 6) is 3.56. The summed E-state index contributed by atoms with van der Waals surface area (Å²) < 4.78 is 10.5. The van der Waals surface area contributed by atoms with Crippen molar-refractivity contribution in [3.8, 4) is 11.5 Å². The van der Waals surface area contributed by atoms with E-state index in [-0.39, 0.29) is 30.4 Å². The first kappa shape index (κ1) is 19.9. The highest BCUT2D eigenvalue weighted by Crippen LogP contribution is 2.29. The van der Waals surface area contributed by atoms with Crippen molar-refractivity contribution in [3.63, 3.8) is 0 Å². The minimum Gasteiger partial charge on any atom is -0.493 e. The van der Waals surface area contributed by atoms with Gasteiger partial charge in [0.15, 0.2) is 11.5 Å². The Morgan fingerprint density at radius 2 is 2.13 bits per heavy atom. The summed E-state index contributed by atoms with van der Waals surface area (Å²) in [6.07, 6.45) is 0.518. The lowest BCUT2D eigenvalue weighted by atomic mass is 10.1. The summed E-state index contributed by atoms with van der Waals surface area (Å²) in [4.78, 5) is 12.2. The number of methoxy groups -OCH3 is 2. The van der Waals surface area contributed by atoms with Crippen LogP contribution in [0.4, 0.5) is 0 Å². The Morgan fingerprint density at radius 3 is 2.74 bits per heavy atom. The van der Waals surface area contributed by atoms with Gasteiger partial charge in [-0.25, -0.2) is 0 Å². The van der Waals surface area contributed by atoms with Gasteiger partial charge in [0.25, 0.3) is 0 Å². The lowest BCUT2D eigenvalue weighted by molar-refractivity contribution is -0.122. The third kappa shape index (κ3) is 5.79. The van der Waals surface area contributed by atoms with Crippen molar-refractivity contribution in [1.29, 1.82) is 0 Å². The van der Waals surface area contributed by atoms with E-state index in [1.54, 1.807) is 14.2 Å². The molecular formula is C16H25ClN2O3S. The van der Waals surface area contributed by atoms with Crippen LogP contribution in [0.25, 0.3) is 0 Å². The molecule has 0 aromatic heterocycles. The van der Waals surface area contributed by atoms with Gasteiger partial charge in [0.2, 0.25) is 5.91 Å². The summed E-state index contributed by atoms with van der Waals surface area (Å²) in [5, 5.41) is 6.43. The standard InChI is InChI=1S/C16H24N2O3S.ClH/c1-11(12-4-5-14(20-2)15(8-12)21-3)18-16(19)9-13-10-22-7-6-17-13;/h4-5,8,11,13,17H,6-7,9-10H2,1-3H3,(H,18,19);1H. The van der Waals surface area contributed by atoms with Crippen LogP contribution in [-0.4, -0.2) is 44.2 Å². The Kier molecular flexibility index (Phi) is 8.58. The van der Waals surface area contributed by atoms with E-state index >= 15 is 0 Å². The fourth-order valence-electron chi connectivity index (χ4n) is 2.48. The number of ether oxygens (including phenoxy) is 2. The summed E-state index contributed by atoms with van der Waals surface area (Å²) in [6, 6.07) is 5.91.